The van der Waals surface area contributed by atoms with E-state index in [2.05, 4.69) is 50.4 Å². The molecule has 118 valence electrons. The lowest BCUT2D eigenvalue weighted by atomic mass is 10.0. The Balaban J connectivity index is 1.91. The minimum absolute atomic E-state index is 0.137. The number of nitrogens with one attached hydrogen (secondary N) is 1. The summed E-state index contributed by atoms with van der Waals surface area (Å²) in [5.41, 5.74) is 2.58. The Morgan fingerprint density at radius 3 is 2.67 bits per heavy atom. The second kappa shape index (κ2) is 8.52. The van der Waals surface area contributed by atoms with Crippen LogP contribution in [0.25, 0.3) is 0 Å². The van der Waals surface area contributed by atoms with Crippen LogP contribution in [0.15, 0.2) is 24.3 Å². The van der Waals surface area contributed by atoms with Crippen LogP contribution in [-0.4, -0.2) is 32.0 Å². The van der Waals surface area contributed by atoms with E-state index in [1.165, 1.54) is 24.0 Å². The number of aryl methyl sites for hydroxylation is 1. The molecule has 21 heavy (non-hydrogen) atoms. The van der Waals surface area contributed by atoms with E-state index in [4.69, 9.17) is 9.47 Å². The Bertz CT molecular complexity index is 398. The van der Waals surface area contributed by atoms with Gasteiger partial charge in [0.1, 0.15) is 0 Å². The Kier molecular flexibility index (Phi) is 6.68. The molecule has 1 fully saturated rings. The van der Waals surface area contributed by atoms with Gasteiger partial charge in [0.25, 0.3) is 0 Å². The summed E-state index contributed by atoms with van der Waals surface area (Å²) in [5.74, 6) is 0. The van der Waals surface area contributed by atoms with Crippen molar-refractivity contribution in [2.75, 3.05) is 19.8 Å². The Hall–Kier alpha value is -0.900. The predicted octanol–water partition coefficient (Wildman–Crippen LogP) is 3.62. The predicted molar refractivity (Wildman–Crippen MR) is 86.6 cm³/mol. The van der Waals surface area contributed by atoms with Gasteiger partial charge in [-0.25, -0.2) is 0 Å². The zero-order valence-electron chi connectivity index (χ0n) is 13.6. The van der Waals surface area contributed by atoms with Gasteiger partial charge in [0, 0.05) is 6.61 Å². The third-order valence-electron chi connectivity index (χ3n) is 4.15. The standard InChI is InChI=1S/C18H29NO2/c1-4-19-18(16-10-8-14(2)9-11-16)15(3)21-13-17-7-5-6-12-20-17/h8-11,15,17-19H,4-7,12-13H2,1-3H3. The van der Waals surface area contributed by atoms with Crippen molar-refractivity contribution in [3.63, 3.8) is 0 Å². The second-order valence-electron chi connectivity index (χ2n) is 5.97. The van der Waals surface area contributed by atoms with Crippen molar-refractivity contribution in [2.45, 2.75) is 58.3 Å². The first-order valence-electron chi connectivity index (χ1n) is 8.24. The smallest absolute Gasteiger partial charge is 0.0808 e. The number of rotatable bonds is 7. The zero-order valence-corrected chi connectivity index (χ0v) is 13.6. The summed E-state index contributed by atoms with van der Waals surface area (Å²) in [6.07, 6.45) is 4.00. The lowest BCUT2D eigenvalue weighted by Gasteiger charge is -2.29. The van der Waals surface area contributed by atoms with E-state index in [0.29, 0.717) is 6.61 Å². The van der Waals surface area contributed by atoms with Gasteiger partial charge in [0.2, 0.25) is 0 Å². The zero-order chi connectivity index (χ0) is 15.1. The summed E-state index contributed by atoms with van der Waals surface area (Å²) in [6.45, 7) is 8.93. The van der Waals surface area contributed by atoms with Crippen LogP contribution in [0.1, 0.15) is 50.3 Å². The monoisotopic (exact) mass is 291 g/mol. The van der Waals surface area contributed by atoms with Gasteiger partial charge in [-0.1, -0.05) is 36.8 Å². The molecule has 1 aliphatic heterocycles. The molecule has 1 N–H and O–H groups in total. The molecule has 0 aliphatic carbocycles. The normalized spacial score (nSPS) is 22.0. The van der Waals surface area contributed by atoms with Gasteiger partial charge in [0.05, 0.1) is 24.9 Å². The topological polar surface area (TPSA) is 30.5 Å². The first-order chi connectivity index (χ1) is 10.2. The SMILES string of the molecule is CCNC(c1ccc(C)cc1)C(C)OCC1CCCCO1. The number of hydrogen-bond donors (Lipinski definition) is 1. The number of ether oxygens (including phenoxy) is 2. The van der Waals surface area contributed by atoms with Crippen molar-refractivity contribution in [1.29, 1.82) is 0 Å². The van der Waals surface area contributed by atoms with E-state index in [1.54, 1.807) is 0 Å². The summed E-state index contributed by atoms with van der Waals surface area (Å²) in [7, 11) is 0. The van der Waals surface area contributed by atoms with Crippen LogP contribution in [0.5, 0.6) is 0 Å². The summed E-state index contributed by atoms with van der Waals surface area (Å²) in [5, 5.41) is 3.54. The highest BCUT2D eigenvalue weighted by Gasteiger charge is 2.21. The van der Waals surface area contributed by atoms with Crippen molar-refractivity contribution in [3.8, 4) is 0 Å². The Morgan fingerprint density at radius 2 is 2.05 bits per heavy atom. The van der Waals surface area contributed by atoms with Crippen LogP contribution in [-0.2, 0) is 9.47 Å². The highest BCUT2D eigenvalue weighted by atomic mass is 16.5. The van der Waals surface area contributed by atoms with Crippen LogP contribution in [0.4, 0.5) is 0 Å². The molecule has 3 atom stereocenters. The van der Waals surface area contributed by atoms with Gasteiger partial charge in [-0.3, -0.25) is 0 Å². The Morgan fingerprint density at radius 1 is 1.29 bits per heavy atom. The summed E-state index contributed by atoms with van der Waals surface area (Å²) in [4.78, 5) is 0. The van der Waals surface area contributed by atoms with E-state index in [9.17, 15) is 0 Å². The van der Waals surface area contributed by atoms with Crippen molar-refractivity contribution in [1.82, 2.24) is 5.32 Å². The fourth-order valence-electron chi connectivity index (χ4n) is 2.84. The minimum atomic E-state index is 0.137. The highest BCUT2D eigenvalue weighted by molar-refractivity contribution is 5.24. The van der Waals surface area contributed by atoms with E-state index < -0.39 is 0 Å². The molecule has 1 saturated heterocycles. The van der Waals surface area contributed by atoms with Gasteiger partial charge in [-0.15, -0.1) is 0 Å². The van der Waals surface area contributed by atoms with Gasteiger partial charge in [0.15, 0.2) is 0 Å². The van der Waals surface area contributed by atoms with Gasteiger partial charge in [-0.05, 0) is 45.2 Å². The molecular formula is C18H29NO2. The van der Waals surface area contributed by atoms with E-state index in [-0.39, 0.29) is 18.2 Å². The largest absolute Gasteiger partial charge is 0.376 e. The van der Waals surface area contributed by atoms with Gasteiger partial charge < -0.3 is 14.8 Å². The molecular weight excluding hydrogens is 262 g/mol. The third-order valence-corrected chi connectivity index (χ3v) is 4.15. The lowest BCUT2D eigenvalue weighted by molar-refractivity contribution is -0.0664. The fourth-order valence-corrected chi connectivity index (χ4v) is 2.84. The second-order valence-corrected chi connectivity index (χ2v) is 5.97. The number of benzene rings is 1. The first kappa shape index (κ1) is 16.5. The van der Waals surface area contributed by atoms with Crippen molar-refractivity contribution in [2.24, 2.45) is 0 Å². The Labute approximate surface area is 129 Å². The summed E-state index contributed by atoms with van der Waals surface area (Å²) < 4.78 is 11.8. The molecule has 1 aromatic rings. The molecule has 1 heterocycles. The fraction of sp³-hybridized carbons (Fsp3) is 0.667. The highest BCUT2D eigenvalue weighted by Crippen LogP contribution is 2.21. The average molecular weight is 291 g/mol. The van der Waals surface area contributed by atoms with Gasteiger partial charge >= 0.3 is 0 Å². The lowest BCUT2D eigenvalue weighted by Crippen LogP contribution is -2.35. The maximum absolute atomic E-state index is 6.09. The van der Waals surface area contributed by atoms with Crippen LogP contribution in [0, 0.1) is 6.92 Å². The van der Waals surface area contributed by atoms with Crippen molar-refractivity contribution >= 4 is 0 Å². The average Bonchev–Trinajstić information content (AvgIpc) is 2.52. The van der Waals surface area contributed by atoms with Crippen molar-refractivity contribution < 1.29 is 9.47 Å². The van der Waals surface area contributed by atoms with E-state index >= 15 is 0 Å². The molecule has 3 unspecified atom stereocenters. The van der Waals surface area contributed by atoms with Crippen LogP contribution in [0.3, 0.4) is 0 Å². The first-order valence-corrected chi connectivity index (χ1v) is 8.24. The molecule has 2 rings (SSSR count). The molecule has 0 aromatic heterocycles. The summed E-state index contributed by atoms with van der Waals surface area (Å²) >= 11 is 0. The van der Waals surface area contributed by atoms with E-state index in [1.807, 2.05) is 0 Å². The molecule has 0 bridgehead atoms. The molecule has 3 nitrogen and oxygen atoms in total. The van der Waals surface area contributed by atoms with Crippen LogP contribution < -0.4 is 5.32 Å². The maximum Gasteiger partial charge on any atom is 0.0808 e. The molecule has 1 aromatic carbocycles. The third kappa shape index (κ3) is 5.10. The summed E-state index contributed by atoms with van der Waals surface area (Å²) in [6, 6.07) is 8.95. The maximum atomic E-state index is 6.09. The number of likely N-dealkylation sites (N-methyl/N-ethyl adjacent to an activating group) is 1. The quantitative estimate of drug-likeness (QED) is 0.832. The molecule has 0 saturated carbocycles. The molecule has 0 spiro atoms. The molecule has 0 amide bonds. The van der Waals surface area contributed by atoms with Crippen LogP contribution in [0.2, 0.25) is 0 Å². The molecule has 0 radical (unpaired) electrons. The van der Waals surface area contributed by atoms with Crippen molar-refractivity contribution in [3.05, 3.63) is 35.4 Å². The molecule has 3 heteroatoms. The van der Waals surface area contributed by atoms with Gasteiger partial charge in [-0.2, -0.15) is 0 Å². The number of hydrogen-bond acceptors (Lipinski definition) is 3. The molecule has 1 aliphatic rings. The minimum Gasteiger partial charge on any atom is -0.376 e. The van der Waals surface area contributed by atoms with E-state index in [0.717, 1.165) is 19.6 Å². The van der Waals surface area contributed by atoms with Crippen LogP contribution >= 0.6 is 0 Å².